The molecule has 2 aromatic heterocycles. The van der Waals surface area contributed by atoms with Gasteiger partial charge in [0.25, 0.3) is 0 Å². The summed E-state index contributed by atoms with van der Waals surface area (Å²) in [5, 5.41) is 16.3. The zero-order valence-corrected chi connectivity index (χ0v) is 16.6. The lowest BCUT2D eigenvalue weighted by Crippen LogP contribution is -2.05. The highest BCUT2D eigenvalue weighted by atomic mass is 32.2. The second-order valence-corrected chi connectivity index (χ2v) is 7.79. The van der Waals surface area contributed by atoms with Gasteiger partial charge >= 0.3 is 5.97 Å². The summed E-state index contributed by atoms with van der Waals surface area (Å²) in [4.78, 5) is 24.8. The van der Waals surface area contributed by atoms with E-state index < -0.39 is 5.97 Å². The number of rotatable bonds is 8. The Bertz CT molecular complexity index is 1010. The van der Waals surface area contributed by atoms with E-state index in [1.807, 2.05) is 18.3 Å². The van der Waals surface area contributed by atoms with Crippen LogP contribution in [0.5, 0.6) is 0 Å². The van der Waals surface area contributed by atoms with Crippen molar-refractivity contribution in [2.75, 3.05) is 10.6 Å². The van der Waals surface area contributed by atoms with Crippen LogP contribution >= 0.6 is 11.8 Å². The molecule has 1 aliphatic heterocycles. The van der Waals surface area contributed by atoms with E-state index in [4.69, 9.17) is 5.11 Å². The quantitative estimate of drug-likeness (QED) is 0.367. The maximum Gasteiger partial charge on any atom is 0.303 e. The number of hydrogen-bond donors (Lipinski definition) is 3. The highest BCUT2D eigenvalue weighted by molar-refractivity contribution is 7.99. The molecule has 7 nitrogen and oxygen atoms in total. The Hall–Kier alpha value is -3.13. The molecule has 0 unspecified atom stereocenters. The van der Waals surface area contributed by atoms with Crippen molar-refractivity contribution in [3.8, 4) is 0 Å². The molecule has 0 aliphatic carbocycles. The molecular weight excluding hydrogens is 386 g/mol. The molecule has 0 amide bonds. The van der Waals surface area contributed by atoms with Crippen molar-refractivity contribution < 1.29 is 9.90 Å². The molecule has 1 aliphatic rings. The number of carboxylic acid groups (broad SMARTS) is 1. The summed E-state index contributed by atoms with van der Waals surface area (Å²) in [5.41, 5.74) is 4.13. The lowest BCUT2D eigenvalue weighted by atomic mass is 10.1. The smallest absolute Gasteiger partial charge is 0.303 e. The van der Waals surface area contributed by atoms with Gasteiger partial charge in [0.05, 0.1) is 17.6 Å². The van der Waals surface area contributed by atoms with Crippen LogP contribution in [0, 0.1) is 0 Å². The van der Waals surface area contributed by atoms with Crippen LogP contribution in [0.2, 0.25) is 0 Å². The van der Waals surface area contributed by atoms with Crippen LogP contribution in [0.15, 0.2) is 58.8 Å². The van der Waals surface area contributed by atoms with Gasteiger partial charge in [0.1, 0.15) is 5.03 Å². The molecule has 0 fully saturated rings. The van der Waals surface area contributed by atoms with Gasteiger partial charge in [-0.05, 0) is 49.1 Å². The highest BCUT2D eigenvalue weighted by Gasteiger charge is 2.17. The zero-order chi connectivity index (χ0) is 20.1. The second kappa shape index (κ2) is 8.91. The van der Waals surface area contributed by atoms with Gasteiger partial charge in [0, 0.05) is 35.9 Å². The van der Waals surface area contributed by atoms with Crippen LogP contribution in [0.25, 0.3) is 0 Å². The number of aryl methyl sites for hydroxylation is 1. The van der Waals surface area contributed by atoms with Crippen molar-refractivity contribution in [1.29, 1.82) is 0 Å². The molecule has 4 rings (SSSR count). The number of hydrogen-bond acceptors (Lipinski definition) is 7. The first-order valence-electron chi connectivity index (χ1n) is 9.47. The minimum Gasteiger partial charge on any atom is -0.481 e. The van der Waals surface area contributed by atoms with E-state index in [0.717, 1.165) is 51.2 Å². The number of pyridine rings is 1. The number of aromatic nitrogens is 3. The average Bonchev–Trinajstić information content (AvgIpc) is 2.74. The molecule has 3 heterocycles. The minimum absolute atomic E-state index is 0.214. The van der Waals surface area contributed by atoms with Crippen LogP contribution in [0.3, 0.4) is 0 Å². The summed E-state index contributed by atoms with van der Waals surface area (Å²) < 4.78 is 0. The Morgan fingerprint density at radius 1 is 1.10 bits per heavy atom. The Morgan fingerprint density at radius 3 is 2.83 bits per heavy atom. The number of unbranched alkanes of at least 4 members (excludes halogenated alkanes) is 1. The van der Waals surface area contributed by atoms with Gasteiger partial charge in [0.2, 0.25) is 0 Å². The lowest BCUT2D eigenvalue weighted by Gasteiger charge is -2.19. The van der Waals surface area contributed by atoms with Gasteiger partial charge in [-0.1, -0.05) is 17.8 Å². The molecular formula is C21H21N5O2S. The molecule has 3 N–H and O–H groups in total. The topological polar surface area (TPSA) is 100 Å². The summed E-state index contributed by atoms with van der Waals surface area (Å²) in [5.74, 6) is 0.0452. The number of carbonyl (C=O) groups is 1. The predicted molar refractivity (Wildman–Crippen MR) is 113 cm³/mol. The van der Waals surface area contributed by atoms with Crippen molar-refractivity contribution >= 4 is 34.9 Å². The van der Waals surface area contributed by atoms with Crippen molar-refractivity contribution in [1.82, 2.24) is 15.0 Å². The average molecular weight is 407 g/mol. The molecule has 0 bridgehead atoms. The van der Waals surface area contributed by atoms with Crippen molar-refractivity contribution in [3.05, 3.63) is 60.2 Å². The normalized spacial score (nSPS) is 11.9. The largest absolute Gasteiger partial charge is 0.481 e. The zero-order valence-electron chi connectivity index (χ0n) is 15.8. The number of nitrogens with one attached hydrogen (secondary N) is 2. The lowest BCUT2D eigenvalue weighted by molar-refractivity contribution is -0.137. The monoisotopic (exact) mass is 407 g/mol. The van der Waals surface area contributed by atoms with Crippen LogP contribution in [0.4, 0.5) is 17.2 Å². The van der Waals surface area contributed by atoms with Gasteiger partial charge in [0.15, 0.2) is 5.82 Å². The van der Waals surface area contributed by atoms with Gasteiger partial charge in [-0.3, -0.25) is 9.78 Å². The Morgan fingerprint density at radius 2 is 2.00 bits per heavy atom. The molecule has 3 aromatic rings. The van der Waals surface area contributed by atoms with E-state index >= 15 is 0 Å². The van der Waals surface area contributed by atoms with Gasteiger partial charge in [-0.2, -0.15) is 0 Å². The van der Waals surface area contributed by atoms with E-state index in [-0.39, 0.29) is 6.42 Å². The van der Waals surface area contributed by atoms with Crippen LogP contribution in [0.1, 0.15) is 30.5 Å². The minimum atomic E-state index is -0.745. The Labute approximate surface area is 173 Å². The molecule has 0 atom stereocenters. The third-order valence-corrected chi connectivity index (χ3v) is 5.63. The highest BCUT2D eigenvalue weighted by Crippen LogP contribution is 2.42. The fourth-order valence-electron chi connectivity index (χ4n) is 3.05. The first kappa shape index (κ1) is 19.2. The summed E-state index contributed by atoms with van der Waals surface area (Å²) >= 11 is 1.62. The molecule has 148 valence electrons. The summed E-state index contributed by atoms with van der Waals surface area (Å²) in [6, 6.07) is 10.3. The fourth-order valence-corrected chi connectivity index (χ4v) is 3.93. The number of anilines is 3. The van der Waals surface area contributed by atoms with E-state index in [2.05, 4.69) is 43.8 Å². The standard InChI is InChI=1S/C21H21N5O2S/c27-19(28)4-2-1-3-15-6-7-16(13-25-15)24-12-14-5-8-18-17(11-14)26-20-21(29-18)23-10-9-22-20/h5-11,13,24H,1-4,12H2,(H,22,26)(H,27,28). The Balaban J connectivity index is 1.31. The fraction of sp³-hybridized carbons (Fsp3) is 0.238. The third-order valence-electron chi connectivity index (χ3n) is 4.56. The number of benzene rings is 1. The van der Waals surface area contributed by atoms with Crippen molar-refractivity contribution in [2.45, 2.75) is 42.1 Å². The van der Waals surface area contributed by atoms with Gasteiger partial charge in [-0.25, -0.2) is 9.97 Å². The number of nitrogens with zero attached hydrogens (tertiary/aromatic N) is 3. The first-order valence-corrected chi connectivity index (χ1v) is 10.3. The SMILES string of the molecule is O=C(O)CCCCc1ccc(NCc2ccc3c(c2)Nc2nccnc2S3)cn1. The molecule has 0 saturated heterocycles. The van der Waals surface area contributed by atoms with Crippen LogP contribution < -0.4 is 10.6 Å². The molecule has 29 heavy (non-hydrogen) atoms. The maximum absolute atomic E-state index is 10.5. The van der Waals surface area contributed by atoms with Crippen molar-refractivity contribution in [2.24, 2.45) is 0 Å². The third kappa shape index (κ3) is 5.03. The predicted octanol–water partition coefficient (Wildman–Crippen LogP) is 4.49. The molecule has 0 radical (unpaired) electrons. The van der Waals surface area contributed by atoms with E-state index in [1.165, 1.54) is 0 Å². The number of fused-ring (bicyclic) bond motifs is 2. The van der Waals surface area contributed by atoms with Gasteiger partial charge < -0.3 is 15.7 Å². The van der Waals surface area contributed by atoms with Gasteiger partial charge in [-0.15, -0.1) is 0 Å². The van der Waals surface area contributed by atoms with Crippen molar-refractivity contribution in [3.63, 3.8) is 0 Å². The van der Waals surface area contributed by atoms with E-state index in [0.29, 0.717) is 13.0 Å². The van der Waals surface area contributed by atoms with Crippen LogP contribution in [-0.4, -0.2) is 26.0 Å². The van der Waals surface area contributed by atoms with E-state index in [1.54, 1.807) is 24.2 Å². The molecule has 0 spiro atoms. The van der Waals surface area contributed by atoms with Crippen LogP contribution in [-0.2, 0) is 17.8 Å². The number of carboxylic acids is 1. The first-order chi connectivity index (χ1) is 14.2. The summed E-state index contributed by atoms with van der Waals surface area (Å²) in [6.45, 7) is 0.687. The molecule has 0 saturated carbocycles. The molecule has 1 aromatic carbocycles. The molecule has 8 heteroatoms. The number of aliphatic carboxylic acids is 1. The maximum atomic E-state index is 10.5. The summed E-state index contributed by atoms with van der Waals surface area (Å²) in [7, 11) is 0. The summed E-state index contributed by atoms with van der Waals surface area (Å²) in [6.07, 6.45) is 7.73. The Kier molecular flexibility index (Phi) is 5.90. The van der Waals surface area contributed by atoms with E-state index in [9.17, 15) is 4.79 Å². The second-order valence-electron chi connectivity index (χ2n) is 6.76.